The van der Waals surface area contributed by atoms with E-state index < -0.39 is 5.41 Å². The lowest BCUT2D eigenvalue weighted by molar-refractivity contribution is -0.136. The van der Waals surface area contributed by atoms with Gasteiger partial charge in [0.15, 0.2) is 0 Å². The first kappa shape index (κ1) is 12.1. The van der Waals surface area contributed by atoms with E-state index in [1.807, 2.05) is 6.07 Å². The minimum atomic E-state index is -0.456. The van der Waals surface area contributed by atoms with Crippen LogP contribution in [-0.2, 0) is 16.1 Å². The molecule has 1 aromatic heterocycles. The predicted molar refractivity (Wildman–Crippen MR) is 62.1 cm³/mol. The third-order valence-corrected chi connectivity index (χ3v) is 3.36. The molecule has 0 unspecified atom stereocenters. The molecule has 0 spiro atoms. The van der Waals surface area contributed by atoms with E-state index in [0.29, 0.717) is 39.1 Å². The van der Waals surface area contributed by atoms with Crippen LogP contribution in [0.5, 0.6) is 0 Å². The van der Waals surface area contributed by atoms with Gasteiger partial charge in [0.25, 0.3) is 0 Å². The van der Waals surface area contributed by atoms with Crippen molar-refractivity contribution in [2.45, 2.75) is 19.4 Å². The molecule has 0 aliphatic carbocycles. The smallest absolute Gasteiger partial charge is 0.227 e. The summed E-state index contributed by atoms with van der Waals surface area (Å²) in [5, 5.41) is 2.91. The zero-order valence-electron chi connectivity index (χ0n) is 9.78. The summed E-state index contributed by atoms with van der Waals surface area (Å²) >= 11 is 0. The molecule has 5 heteroatoms. The molecule has 3 N–H and O–H groups in total. The van der Waals surface area contributed by atoms with Gasteiger partial charge >= 0.3 is 0 Å². The predicted octanol–water partition coefficient (Wildman–Crippen LogP) is 0.651. The van der Waals surface area contributed by atoms with E-state index in [-0.39, 0.29) is 5.91 Å². The van der Waals surface area contributed by atoms with Gasteiger partial charge in [0.1, 0.15) is 0 Å². The maximum atomic E-state index is 12.2. The summed E-state index contributed by atoms with van der Waals surface area (Å²) < 4.78 is 10.2. The molecule has 2 heterocycles. The topological polar surface area (TPSA) is 77.5 Å². The normalized spacial score (nSPS) is 18.9. The van der Waals surface area contributed by atoms with Crippen molar-refractivity contribution in [3.63, 3.8) is 0 Å². The molecule has 1 amide bonds. The molecule has 1 aliphatic heterocycles. The highest BCUT2D eigenvalue weighted by Crippen LogP contribution is 2.29. The van der Waals surface area contributed by atoms with Gasteiger partial charge in [0.05, 0.1) is 17.9 Å². The van der Waals surface area contributed by atoms with Crippen LogP contribution >= 0.6 is 0 Å². The molecule has 0 saturated carbocycles. The van der Waals surface area contributed by atoms with Gasteiger partial charge in [-0.25, -0.2) is 0 Å². The highest BCUT2D eigenvalue weighted by Gasteiger charge is 2.38. The van der Waals surface area contributed by atoms with Crippen molar-refractivity contribution >= 4 is 5.91 Å². The molecule has 2 rings (SSSR count). The number of hydrogen-bond donors (Lipinski definition) is 2. The number of carbonyl (C=O) groups is 1. The number of hydrogen-bond acceptors (Lipinski definition) is 4. The molecule has 1 aliphatic rings. The lowest BCUT2D eigenvalue weighted by Gasteiger charge is -2.34. The van der Waals surface area contributed by atoms with Gasteiger partial charge in [-0.2, -0.15) is 0 Å². The van der Waals surface area contributed by atoms with E-state index in [2.05, 4.69) is 5.32 Å². The molecule has 94 valence electrons. The Morgan fingerprint density at radius 2 is 2.24 bits per heavy atom. The Morgan fingerprint density at radius 3 is 2.82 bits per heavy atom. The van der Waals surface area contributed by atoms with Crippen LogP contribution in [0.4, 0.5) is 0 Å². The average Bonchev–Trinajstić information content (AvgIpc) is 2.90. The summed E-state index contributed by atoms with van der Waals surface area (Å²) in [5.41, 5.74) is 6.25. The fourth-order valence-electron chi connectivity index (χ4n) is 2.05. The summed E-state index contributed by atoms with van der Waals surface area (Å²) in [6, 6.07) is 1.83. The van der Waals surface area contributed by atoms with Crippen LogP contribution in [-0.4, -0.2) is 25.7 Å². The first-order valence-electron chi connectivity index (χ1n) is 5.84. The van der Waals surface area contributed by atoms with Crippen molar-refractivity contribution in [2.24, 2.45) is 11.1 Å². The summed E-state index contributed by atoms with van der Waals surface area (Å²) in [7, 11) is 0. The average molecular weight is 238 g/mol. The summed E-state index contributed by atoms with van der Waals surface area (Å²) in [6.07, 6.45) is 4.61. The van der Waals surface area contributed by atoms with Crippen LogP contribution in [0, 0.1) is 5.41 Å². The zero-order chi connectivity index (χ0) is 12.1. The molecular weight excluding hydrogens is 220 g/mol. The van der Waals surface area contributed by atoms with E-state index in [9.17, 15) is 4.79 Å². The Hall–Kier alpha value is -1.33. The van der Waals surface area contributed by atoms with Gasteiger partial charge in [-0.05, 0) is 18.9 Å². The fourth-order valence-corrected chi connectivity index (χ4v) is 2.05. The Morgan fingerprint density at radius 1 is 1.47 bits per heavy atom. The van der Waals surface area contributed by atoms with Gasteiger partial charge in [-0.15, -0.1) is 0 Å². The maximum Gasteiger partial charge on any atom is 0.227 e. The Labute approximate surface area is 100 Å². The first-order chi connectivity index (χ1) is 8.27. The van der Waals surface area contributed by atoms with Gasteiger partial charge in [-0.1, -0.05) is 0 Å². The lowest BCUT2D eigenvalue weighted by atomic mass is 9.79. The standard InChI is InChI=1S/C12H18N2O3/c13-9-12(2-5-16-6-3-12)11(15)14-7-10-1-4-17-8-10/h1,4,8H,2-3,5-7,9,13H2,(H,14,15). The molecule has 0 radical (unpaired) electrons. The highest BCUT2D eigenvalue weighted by atomic mass is 16.5. The molecule has 17 heavy (non-hydrogen) atoms. The fraction of sp³-hybridized carbons (Fsp3) is 0.583. The van der Waals surface area contributed by atoms with E-state index in [4.69, 9.17) is 14.9 Å². The van der Waals surface area contributed by atoms with Crippen LogP contribution in [0.25, 0.3) is 0 Å². The highest BCUT2D eigenvalue weighted by molar-refractivity contribution is 5.83. The third kappa shape index (κ3) is 2.68. The number of rotatable bonds is 4. The Balaban J connectivity index is 1.93. The molecule has 1 fully saturated rings. The quantitative estimate of drug-likeness (QED) is 0.807. The summed E-state index contributed by atoms with van der Waals surface area (Å²) in [4.78, 5) is 12.2. The summed E-state index contributed by atoms with van der Waals surface area (Å²) in [6.45, 7) is 2.07. The number of nitrogens with two attached hydrogens (primary N) is 1. The van der Waals surface area contributed by atoms with Gasteiger partial charge < -0.3 is 20.2 Å². The molecule has 0 atom stereocenters. The second-order valence-electron chi connectivity index (χ2n) is 4.41. The Kier molecular flexibility index (Phi) is 3.81. The largest absolute Gasteiger partial charge is 0.472 e. The molecule has 5 nitrogen and oxygen atoms in total. The van der Waals surface area contributed by atoms with E-state index in [0.717, 1.165) is 5.56 Å². The van der Waals surface area contributed by atoms with Gasteiger partial charge in [-0.3, -0.25) is 4.79 Å². The van der Waals surface area contributed by atoms with Crippen molar-refractivity contribution in [1.82, 2.24) is 5.32 Å². The summed E-state index contributed by atoms with van der Waals surface area (Å²) in [5.74, 6) is 0.0181. The van der Waals surface area contributed by atoms with Gasteiger partial charge in [0.2, 0.25) is 5.91 Å². The number of furan rings is 1. The minimum Gasteiger partial charge on any atom is -0.472 e. The number of amides is 1. The monoisotopic (exact) mass is 238 g/mol. The van der Waals surface area contributed by atoms with Crippen LogP contribution in [0.15, 0.2) is 23.0 Å². The first-order valence-corrected chi connectivity index (χ1v) is 5.84. The van der Waals surface area contributed by atoms with Crippen molar-refractivity contribution in [3.8, 4) is 0 Å². The van der Waals surface area contributed by atoms with Crippen LogP contribution in [0.2, 0.25) is 0 Å². The van der Waals surface area contributed by atoms with E-state index >= 15 is 0 Å². The van der Waals surface area contributed by atoms with Crippen LogP contribution in [0.1, 0.15) is 18.4 Å². The third-order valence-electron chi connectivity index (χ3n) is 3.36. The number of carbonyl (C=O) groups excluding carboxylic acids is 1. The second kappa shape index (κ2) is 5.33. The number of ether oxygens (including phenoxy) is 1. The Bertz CT molecular complexity index is 356. The lowest BCUT2D eigenvalue weighted by Crippen LogP contribution is -2.48. The van der Waals surface area contributed by atoms with Crippen molar-refractivity contribution < 1.29 is 13.9 Å². The zero-order valence-corrected chi connectivity index (χ0v) is 9.78. The molecule has 1 saturated heterocycles. The van der Waals surface area contributed by atoms with Crippen LogP contribution < -0.4 is 11.1 Å². The minimum absolute atomic E-state index is 0.0181. The molecule has 0 bridgehead atoms. The number of nitrogens with one attached hydrogen (secondary N) is 1. The van der Waals surface area contributed by atoms with E-state index in [1.165, 1.54) is 0 Å². The van der Waals surface area contributed by atoms with E-state index in [1.54, 1.807) is 12.5 Å². The second-order valence-corrected chi connectivity index (χ2v) is 4.41. The van der Waals surface area contributed by atoms with Crippen molar-refractivity contribution in [1.29, 1.82) is 0 Å². The molecule has 0 aromatic carbocycles. The molecule has 1 aromatic rings. The van der Waals surface area contributed by atoms with Crippen molar-refractivity contribution in [3.05, 3.63) is 24.2 Å². The van der Waals surface area contributed by atoms with Gasteiger partial charge in [0, 0.05) is 31.9 Å². The van der Waals surface area contributed by atoms with Crippen LogP contribution in [0.3, 0.4) is 0 Å². The maximum absolute atomic E-state index is 12.2. The van der Waals surface area contributed by atoms with Crippen molar-refractivity contribution in [2.75, 3.05) is 19.8 Å². The molecular formula is C12H18N2O3. The SMILES string of the molecule is NCC1(C(=O)NCc2ccoc2)CCOCC1.